The lowest BCUT2D eigenvalue weighted by atomic mass is 9.99. The number of halogens is 1. The Labute approximate surface area is 145 Å². The number of aromatic nitrogens is 2. The van der Waals surface area contributed by atoms with Gasteiger partial charge in [-0.25, -0.2) is 0 Å². The zero-order valence-electron chi connectivity index (χ0n) is 13.6. The maximum absolute atomic E-state index is 6.14. The molecule has 0 saturated carbocycles. The van der Waals surface area contributed by atoms with E-state index in [1.165, 1.54) is 0 Å². The molecule has 2 aliphatic rings. The van der Waals surface area contributed by atoms with Crippen molar-refractivity contribution >= 4 is 11.6 Å². The van der Waals surface area contributed by atoms with Gasteiger partial charge in [-0.3, -0.25) is 4.90 Å². The van der Waals surface area contributed by atoms with E-state index < -0.39 is 0 Å². The number of benzene rings is 1. The Morgan fingerprint density at radius 2 is 2.33 bits per heavy atom. The first-order valence-electron chi connectivity index (χ1n) is 8.18. The van der Waals surface area contributed by atoms with Gasteiger partial charge < -0.3 is 14.0 Å². The first kappa shape index (κ1) is 16.0. The Bertz CT molecular complexity index is 715. The van der Waals surface area contributed by atoms with E-state index in [1.807, 2.05) is 24.3 Å². The Morgan fingerprint density at radius 1 is 1.42 bits per heavy atom. The van der Waals surface area contributed by atoms with Crippen LogP contribution in [0.15, 0.2) is 28.8 Å². The summed E-state index contributed by atoms with van der Waals surface area (Å²) in [6, 6.07) is 7.45. The van der Waals surface area contributed by atoms with Gasteiger partial charge in [-0.05, 0) is 19.1 Å². The van der Waals surface area contributed by atoms with Gasteiger partial charge in [0.15, 0.2) is 0 Å². The second-order valence-electron chi connectivity index (χ2n) is 6.61. The smallest absolute Gasteiger partial charge is 0.241 e. The molecule has 6 nitrogen and oxygen atoms in total. The molecule has 24 heavy (non-hydrogen) atoms. The molecule has 0 amide bonds. The molecule has 128 valence electrons. The summed E-state index contributed by atoms with van der Waals surface area (Å²) in [6.45, 7) is 5.80. The maximum Gasteiger partial charge on any atom is 0.241 e. The van der Waals surface area contributed by atoms with Crippen LogP contribution in [0.2, 0.25) is 5.02 Å². The molecule has 2 saturated heterocycles. The summed E-state index contributed by atoms with van der Waals surface area (Å²) >= 11 is 6.02. The lowest BCUT2D eigenvalue weighted by Gasteiger charge is -2.42. The molecule has 2 aliphatic heterocycles. The number of rotatable bonds is 3. The van der Waals surface area contributed by atoms with Gasteiger partial charge in [-0.15, -0.1) is 0 Å². The first-order chi connectivity index (χ1) is 11.6. The lowest BCUT2D eigenvalue weighted by molar-refractivity contribution is -0.150. The maximum atomic E-state index is 6.14. The van der Waals surface area contributed by atoms with Crippen molar-refractivity contribution < 1.29 is 14.0 Å². The van der Waals surface area contributed by atoms with Crippen LogP contribution >= 0.6 is 11.6 Å². The fourth-order valence-electron chi connectivity index (χ4n) is 3.52. The summed E-state index contributed by atoms with van der Waals surface area (Å²) in [6.07, 6.45) is 1.10. The van der Waals surface area contributed by atoms with Crippen molar-refractivity contribution in [2.24, 2.45) is 0 Å². The topological polar surface area (TPSA) is 60.6 Å². The van der Waals surface area contributed by atoms with Gasteiger partial charge in [0, 0.05) is 36.7 Å². The number of ether oxygens (including phenoxy) is 2. The Morgan fingerprint density at radius 3 is 3.12 bits per heavy atom. The van der Waals surface area contributed by atoms with Crippen molar-refractivity contribution in [1.29, 1.82) is 0 Å². The molecule has 1 spiro atoms. The van der Waals surface area contributed by atoms with Gasteiger partial charge in [0.2, 0.25) is 11.7 Å². The van der Waals surface area contributed by atoms with Crippen molar-refractivity contribution in [3.05, 3.63) is 35.2 Å². The van der Waals surface area contributed by atoms with Crippen molar-refractivity contribution in [2.45, 2.75) is 31.6 Å². The van der Waals surface area contributed by atoms with E-state index in [0.29, 0.717) is 29.9 Å². The minimum absolute atomic E-state index is 0.163. The van der Waals surface area contributed by atoms with E-state index in [4.69, 9.17) is 25.6 Å². The van der Waals surface area contributed by atoms with Gasteiger partial charge >= 0.3 is 0 Å². The normalized spacial score (nSPS) is 27.8. The highest BCUT2D eigenvalue weighted by Gasteiger charge is 2.42. The number of hydrogen-bond donors (Lipinski definition) is 0. The molecule has 2 aromatic rings. The second-order valence-corrected chi connectivity index (χ2v) is 7.04. The second kappa shape index (κ2) is 6.44. The molecule has 3 heterocycles. The molecule has 2 atom stereocenters. The zero-order valence-corrected chi connectivity index (χ0v) is 14.3. The van der Waals surface area contributed by atoms with Crippen LogP contribution in [0.5, 0.6) is 0 Å². The largest absolute Gasteiger partial charge is 0.378 e. The fourth-order valence-corrected chi connectivity index (χ4v) is 3.71. The van der Waals surface area contributed by atoms with Gasteiger partial charge in [-0.2, -0.15) is 4.98 Å². The van der Waals surface area contributed by atoms with Crippen molar-refractivity contribution in [2.75, 3.05) is 26.3 Å². The van der Waals surface area contributed by atoms with Crippen molar-refractivity contribution in [3.8, 4) is 11.4 Å². The highest BCUT2D eigenvalue weighted by Crippen LogP contribution is 2.30. The molecule has 1 aromatic heterocycles. The molecule has 1 aromatic carbocycles. The summed E-state index contributed by atoms with van der Waals surface area (Å²) in [5, 5.41) is 4.73. The lowest BCUT2D eigenvalue weighted by Crippen LogP contribution is -2.55. The van der Waals surface area contributed by atoms with E-state index in [1.54, 1.807) is 0 Å². The summed E-state index contributed by atoms with van der Waals surface area (Å²) in [7, 11) is 0. The van der Waals surface area contributed by atoms with Crippen LogP contribution in [-0.2, 0) is 16.0 Å². The molecule has 7 heteroatoms. The molecule has 2 unspecified atom stereocenters. The molecular formula is C17H20ClN3O3. The molecule has 4 rings (SSSR count). The molecule has 0 radical (unpaired) electrons. The Kier molecular flexibility index (Phi) is 4.30. The zero-order chi connectivity index (χ0) is 16.6. The first-order valence-corrected chi connectivity index (χ1v) is 8.56. The van der Waals surface area contributed by atoms with Crippen LogP contribution in [0.4, 0.5) is 0 Å². The summed E-state index contributed by atoms with van der Waals surface area (Å²) in [5.41, 5.74) is 0.668. The van der Waals surface area contributed by atoms with Crippen molar-refractivity contribution in [3.63, 3.8) is 0 Å². The van der Waals surface area contributed by atoms with Crippen molar-refractivity contribution in [1.82, 2.24) is 15.0 Å². The van der Waals surface area contributed by atoms with Gasteiger partial charge in [0.25, 0.3) is 0 Å². The number of nitrogens with zero attached hydrogens (tertiary/aromatic N) is 3. The average molecular weight is 350 g/mol. The number of morpholine rings is 1. The summed E-state index contributed by atoms with van der Waals surface area (Å²) in [4.78, 5) is 6.81. The number of hydrogen-bond acceptors (Lipinski definition) is 6. The van der Waals surface area contributed by atoms with Gasteiger partial charge in [0.1, 0.15) is 5.60 Å². The third-order valence-corrected chi connectivity index (χ3v) is 4.69. The van der Waals surface area contributed by atoms with Crippen LogP contribution in [0.1, 0.15) is 19.2 Å². The third-order valence-electron chi connectivity index (χ3n) is 4.46. The minimum Gasteiger partial charge on any atom is -0.378 e. The Balaban J connectivity index is 1.47. The average Bonchev–Trinajstić information content (AvgIpc) is 3.16. The van der Waals surface area contributed by atoms with Crippen LogP contribution in [-0.4, -0.2) is 53.0 Å². The SMILES string of the molecule is CC1CN(Cc2nc(-c3cccc(Cl)c3)no2)CC2(CCOC2)O1. The van der Waals surface area contributed by atoms with E-state index in [2.05, 4.69) is 22.0 Å². The molecule has 2 fully saturated rings. The standard InChI is InChI=1S/C17H20ClN3O3/c1-12-8-21(10-17(23-12)5-6-22-11-17)9-15-19-16(20-24-15)13-3-2-4-14(18)7-13/h2-4,7,12H,5-6,8-11H2,1H3. The minimum atomic E-state index is -0.187. The molecule has 0 bridgehead atoms. The third kappa shape index (κ3) is 3.32. The highest BCUT2D eigenvalue weighted by atomic mass is 35.5. The summed E-state index contributed by atoms with van der Waals surface area (Å²) in [5.74, 6) is 1.17. The van der Waals surface area contributed by atoms with Gasteiger partial charge in [0.05, 0.1) is 19.3 Å². The summed E-state index contributed by atoms with van der Waals surface area (Å²) < 4.78 is 17.1. The van der Waals surface area contributed by atoms with Crippen LogP contribution < -0.4 is 0 Å². The Hall–Kier alpha value is -1.47. The molecule has 0 aliphatic carbocycles. The van der Waals surface area contributed by atoms with E-state index in [0.717, 1.165) is 31.7 Å². The highest BCUT2D eigenvalue weighted by molar-refractivity contribution is 6.30. The predicted octanol–water partition coefficient (Wildman–Crippen LogP) is 2.77. The predicted molar refractivity (Wildman–Crippen MR) is 88.7 cm³/mol. The molecular weight excluding hydrogens is 330 g/mol. The van der Waals surface area contributed by atoms with Gasteiger partial charge in [-0.1, -0.05) is 28.9 Å². The van der Waals surface area contributed by atoms with Crippen LogP contribution in [0.3, 0.4) is 0 Å². The van der Waals surface area contributed by atoms with E-state index in [-0.39, 0.29) is 11.7 Å². The monoisotopic (exact) mass is 349 g/mol. The van der Waals surface area contributed by atoms with Crippen LogP contribution in [0.25, 0.3) is 11.4 Å². The van der Waals surface area contributed by atoms with Crippen LogP contribution in [0, 0.1) is 0 Å². The fraction of sp³-hybridized carbons (Fsp3) is 0.529. The van der Waals surface area contributed by atoms with E-state index >= 15 is 0 Å². The molecule has 0 N–H and O–H groups in total. The van der Waals surface area contributed by atoms with E-state index in [9.17, 15) is 0 Å². The quantitative estimate of drug-likeness (QED) is 0.849.